The molecule has 1 aromatic rings. The number of carboxylic acids is 1. The van der Waals surface area contributed by atoms with E-state index in [0.29, 0.717) is 5.76 Å². The first-order valence-corrected chi connectivity index (χ1v) is 4.78. The third-order valence-electron chi connectivity index (χ3n) is 2.04. The Hall–Kier alpha value is -1.77. The largest absolute Gasteiger partial charge is 0.508 e. The quantitative estimate of drug-likeness (QED) is 0.686. The molecule has 80 valence electrons. The van der Waals surface area contributed by atoms with Crippen molar-refractivity contribution in [2.24, 2.45) is 0 Å². The van der Waals surface area contributed by atoms with Gasteiger partial charge in [-0.05, 0) is 24.5 Å². The van der Waals surface area contributed by atoms with Crippen molar-refractivity contribution in [2.45, 2.75) is 19.8 Å². The molecule has 0 aromatic heterocycles. The Morgan fingerprint density at radius 3 is 2.53 bits per heavy atom. The number of rotatable bonds is 0. The highest BCUT2D eigenvalue weighted by Crippen LogP contribution is 2.23. The molecule has 0 fully saturated rings. The van der Waals surface area contributed by atoms with Gasteiger partial charge in [0.05, 0.1) is 0 Å². The van der Waals surface area contributed by atoms with Gasteiger partial charge in [0.25, 0.3) is 5.97 Å². The van der Waals surface area contributed by atoms with Gasteiger partial charge in [0.2, 0.25) is 0 Å². The second-order valence-corrected chi connectivity index (χ2v) is 3.30. The average molecular weight is 206 g/mol. The maximum Gasteiger partial charge on any atom is 0.300 e. The zero-order valence-corrected chi connectivity index (χ0v) is 8.60. The van der Waals surface area contributed by atoms with Crippen LogP contribution in [0.15, 0.2) is 30.3 Å². The highest BCUT2D eigenvalue weighted by Gasteiger charge is 2.08. The molecule has 0 bridgehead atoms. The molecule has 0 heterocycles. The van der Waals surface area contributed by atoms with Gasteiger partial charge in [-0.2, -0.15) is 0 Å². The molecule has 0 amide bonds. The van der Waals surface area contributed by atoms with E-state index in [9.17, 15) is 5.11 Å². The summed E-state index contributed by atoms with van der Waals surface area (Å²) >= 11 is 0. The normalized spacial score (nSPS) is 13.0. The van der Waals surface area contributed by atoms with E-state index in [0.717, 1.165) is 25.3 Å². The first-order chi connectivity index (χ1) is 7.11. The Labute approximate surface area is 88.7 Å². The summed E-state index contributed by atoms with van der Waals surface area (Å²) in [4.78, 5) is 9.00. The van der Waals surface area contributed by atoms with Crippen molar-refractivity contribution in [3.8, 4) is 0 Å². The molecule has 1 aromatic carbocycles. The van der Waals surface area contributed by atoms with Gasteiger partial charge in [-0.25, -0.2) is 0 Å². The number of allylic oxidation sites excluding steroid dienone is 1. The third kappa shape index (κ3) is 3.46. The molecule has 0 saturated heterocycles. The van der Waals surface area contributed by atoms with Gasteiger partial charge >= 0.3 is 0 Å². The number of fused-ring (bicyclic) bond motifs is 1. The van der Waals surface area contributed by atoms with Crippen LogP contribution in [0.5, 0.6) is 0 Å². The lowest BCUT2D eigenvalue weighted by atomic mass is 9.96. The zero-order valence-electron chi connectivity index (χ0n) is 8.60. The minimum atomic E-state index is -0.833. The molecular formula is C12H14O3. The standard InChI is InChI=1S/C10H10O.C2H4O2/c11-10-7-3-5-8-4-1-2-6-9(8)10;1-2(3)4/h1-2,4,6-7,11H,3,5H2;1H3,(H,3,4). The van der Waals surface area contributed by atoms with Gasteiger partial charge in [0, 0.05) is 12.5 Å². The number of aryl methyl sites for hydroxylation is 1. The van der Waals surface area contributed by atoms with Crippen LogP contribution < -0.4 is 0 Å². The van der Waals surface area contributed by atoms with Gasteiger partial charge < -0.3 is 10.2 Å². The van der Waals surface area contributed by atoms with Crippen molar-refractivity contribution in [3.05, 3.63) is 41.5 Å². The molecule has 1 aliphatic carbocycles. The van der Waals surface area contributed by atoms with Crippen LogP contribution in [0.4, 0.5) is 0 Å². The fraction of sp³-hybridized carbons (Fsp3) is 0.250. The van der Waals surface area contributed by atoms with Crippen molar-refractivity contribution in [1.29, 1.82) is 0 Å². The summed E-state index contributed by atoms with van der Waals surface area (Å²) in [5, 5.41) is 16.8. The number of hydrogen-bond acceptors (Lipinski definition) is 2. The van der Waals surface area contributed by atoms with Gasteiger partial charge in [0.15, 0.2) is 0 Å². The van der Waals surface area contributed by atoms with Crippen LogP contribution in [0, 0.1) is 0 Å². The maximum absolute atomic E-state index is 9.42. The van der Waals surface area contributed by atoms with E-state index in [2.05, 4.69) is 6.07 Å². The SMILES string of the molecule is CC(=O)O.OC1=CCCc2ccccc21. The lowest BCUT2D eigenvalue weighted by Gasteiger charge is -2.12. The molecule has 3 heteroatoms. The van der Waals surface area contributed by atoms with Gasteiger partial charge in [-0.15, -0.1) is 0 Å². The molecule has 0 unspecified atom stereocenters. The van der Waals surface area contributed by atoms with Crippen LogP contribution >= 0.6 is 0 Å². The van der Waals surface area contributed by atoms with E-state index in [1.807, 2.05) is 24.3 Å². The highest BCUT2D eigenvalue weighted by molar-refractivity contribution is 5.63. The van der Waals surface area contributed by atoms with Crippen molar-refractivity contribution >= 4 is 11.7 Å². The van der Waals surface area contributed by atoms with E-state index >= 15 is 0 Å². The fourth-order valence-corrected chi connectivity index (χ4v) is 1.46. The van der Waals surface area contributed by atoms with Crippen LogP contribution in [0.2, 0.25) is 0 Å². The topological polar surface area (TPSA) is 57.5 Å². The lowest BCUT2D eigenvalue weighted by Crippen LogP contribution is -1.97. The molecule has 1 aliphatic rings. The molecule has 0 aliphatic heterocycles. The number of hydrogen-bond donors (Lipinski definition) is 2. The first-order valence-electron chi connectivity index (χ1n) is 4.78. The lowest BCUT2D eigenvalue weighted by molar-refractivity contribution is -0.134. The Bertz CT molecular complexity index is 376. The zero-order chi connectivity index (χ0) is 11.3. The van der Waals surface area contributed by atoms with E-state index in [1.165, 1.54) is 5.56 Å². The molecule has 0 radical (unpaired) electrons. The van der Waals surface area contributed by atoms with E-state index < -0.39 is 5.97 Å². The Morgan fingerprint density at radius 2 is 1.93 bits per heavy atom. The third-order valence-corrected chi connectivity index (χ3v) is 2.04. The van der Waals surface area contributed by atoms with Crippen LogP contribution in [0.1, 0.15) is 24.5 Å². The number of aliphatic hydroxyl groups excluding tert-OH is 1. The summed E-state index contributed by atoms with van der Waals surface area (Å²) in [6, 6.07) is 7.99. The predicted octanol–water partition coefficient (Wildman–Crippen LogP) is 2.62. The van der Waals surface area contributed by atoms with E-state index in [-0.39, 0.29) is 0 Å². The molecule has 0 saturated carbocycles. The molecule has 0 spiro atoms. The van der Waals surface area contributed by atoms with Crippen LogP contribution in [-0.2, 0) is 11.2 Å². The van der Waals surface area contributed by atoms with Gasteiger partial charge in [0.1, 0.15) is 5.76 Å². The Kier molecular flexibility index (Phi) is 3.92. The van der Waals surface area contributed by atoms with Crippen molar-refractivity contribution < 1.29 is 15.0 Å². The molecular weight excluding hydrogens is 192 g/mol. The van der Waals surface area contributed by atoms with Crippen LogP contribution in [0.25, 0.3) is 5.76 Å². The van der Waals surface area contributed by atoms with Crippen molar-refractivity contribution in [1.82, 2.24) is 0 Å². The maximum atomic E-state index is 9.42. The molecule has 15 heavy (non-hydrogen) atoms. The number of carbonyl (C=O) groups is 1. The summed E-state index contributed by atoms with van der Waals surface area (Å²) < 4.78 is 0. The summed E-state index contributed by atoms with van der Waals surface area (Å²) in [5.41, 5.74) is 2.26. The van der Waals surface area contributed by atoms with Crippen LogP contribution in [-0.4, -0.2) is 16.2 Å². The van der Waals surface area contributed by atoms with Crippen molar-refractivity contribution in [3.63, 3.8) is 0 Å². The van der Waals surface area contributed by atoms with Crippen molar-refractivity contribution in [2.75, 3.05) is 0 Å². The molecule has 2 rings (SSSR count). The fourth-order valence-electron chi connectivity index (χ4n) is 1.46. The van der Waals surface area contributed by atoms with E-state index in [4.69, 9.17) is 9.90 Å². The molecule has 2 N–H and O–H groups in total. The van der Waals surface area contributed by atoms with E-state index in [1.54, 1.807) is 0 Å². The Morgan fingerprint density at radius 1 is 1.33 bits per heavy atom. The minimum Gasteiger partial charge on any atom is -0.508 e. The first kappa shape index (κ1) is 11.3. The Balaban J connectivity index is 0.000000245. The number of aliphatic hydroxyl groups is 1. The highest BCUT2D eigenvalue weighted by atomic mass is 16.4. The second kappa shape index (κ2) is 5.20. The number of aliphatic carboxylic acids is 1. The number of carboxylic acid groups (broad SMARTS) is 1. The molecule has 0 atom stereocenters. The average Bonchev–Trinajstić information content (AvgIpc) is 2.18. The van der Waals surface area contributed by atoms with Gasteiger partial charge in [-0.1, -0.05) is 24.3 Å². The summed E-state index contributed by atoms with van der Waals surface area (Å²) in [6.45, 7) is 1.08. The molecule has 3 nitrogen and oxygen atoms in total. The van der Waals surface area contributed by atoms with Crippen LogP contribution in [0.3, 0.4) is 0 Å². The van der Waals surface area contributed by atoms with Gasteiger partial charge in [-0.3, -0.25) is 4.79 Å². The smallest absolute Gasteiger partial charge is 0.300 e. The monoisotopic (exact) mass is 206 g/mol. The second-order valence-electron chi connectivity index (χ2n) is 3.30. The minimum absolute atomic E-state index is 0.437. The summed E-state index contributed by atoms with van der Waals surface area (Å²) in [6.07, 6.45) is 3.89. The summed E-state index contributed by atoms with van der Waals surface area (Å²) in [7, 11) is 0. The summed E-state index contributed by atoms with van der Waals surface area (Å²) in [5.74, 6) is -0.396. The predicted molar refractivity (Wildman–Crippen MR) is 58.7 cm³/mol. The number of benzene rings is 1.